The number of rotatable bonds is 14. The monoisotopic (exact) mass is 802 g/mol. The largest absolute Gasteiger partial charge is 0.423 e. The summed E-state index contributed by atoms with van der Waals surface area (Å²) in [5.74, 6) is -0.566. The van der Waals surface area contributed by atoms with Crippen molar-refractivity contribution in [2.24, 2.45) is 0 Å². The van der Waals surface area contributed by atoms with Crippen LogP contribution in [0.1, 0.15) is 22.3 Å². The molecule has 0 amide bonds. The number of anilines is 5. The molecule has 0 saturated heterocycles. The van der Waals surface area contributed by atoms with Crippen molar-refractivity contribution in [3.63, 3.8) is 0 Å². The average Bonchev–Trinajstić information content (AvgIpc) is 3.29. The van der Waals surface area contributed by atoms with Crippen molar-refractivity contribution >= 4 is 69.0 Å². The van der Waals surface area contributed by atoms with Crippen molar-refractivity contribution in [1.82, 2.24) is 0 Å². The normalized spacial score (nSPS) is 10.8. The van der Waals surface area contributed by atoms with Crippen molar-refractivity contribution in [3.8, 4) is 17.6 Å². The van der Waals surface area contributed by atoms with Gasteiger partial charge in [-0.05, 0) is 101 Å². The van der Waals surface area contributed by atoms with Gasteiger partial charge in [-0.3, -0.25) is 10.1 Å². The zero-order valence-electron chi connectivity index (χ0n) is 33.1. The first-order valence-corrected chi connectivity index (χ1v) is 19.1. The van der Waals surface area contributed by atoms with E-state index in [2.05, 4.69) is 59.4 Å². The Kier molecular flexibility index (Phi) is 12.2. The first-order valence-electron chi connectivity index (χ1n) is 19.1. The van der Waals surface area contributed by atoms with E-state index in [4.69, 9.17) is 14.7 Å². The molecule has 0 aliphatic carbocycles. The predicted octanol–water partition coefficient (Wildman–Crippen LogP) is 11.8. The molecule has 0 bridgehead atoms. The van der Waals surface area contributed by atoms with Gasteiger partial charge in [-0.15, -0.1) is 0 Å². The molecule has 0 heterocycles. The zero-order chi connectivity index (χ0) is 42.9. The summed E-state index contributed by atoms with van der Waals surface area (Å²) in [6.07, 6.45) is 5.86. The Bertz CT molecular complexity index is 2830. The van der Waals surface area contributed by atoms with Crippen molar-refractivity contribution in [2.75, 3.05) is 16.8 Å². The van der Waals surface area contributed by atoms with Crippen LogP contribution in [0.15, 0.2) is 183 Å². The Morgan fingerprint density at radius 2 is 1.20 bits per heavy atom. The summed E-state index contributed by atoms with van der Waals surface area (Å²) in [5, 5.41) is 21.9. The first kappa shape index (κ1) is 40.6. The number of nitro benzene ring substituents is 1. The fourth-order valence-electron chi connectivity index (χ4n) is 6.72. The minimum Gasteiger partial charge on any atom is -0.423 e. The number of carbonyl (C=O) groups is 2. The minimum absolute atomic E-state index is 0.0513. The van der Waals surface area contributed by atoms with Crippen LogP contribution < -0.4 is 19.3 Å². The maximum Gasteiger partial charge on any atom is 0.353 e. The molecule has 61 heavy (non-hydrogen) atoms. The second-order valence-corrected chi connectivity index (χ2v) is 13.9. The second-order valence-electron chi connectivity index (χ2n) is 13.9. The lowest BCUT2D eigenvalue weighted by molar-refractivity contribution is -0.384. The highest BCUT2D eigenvalue weighted by atomic mass is 16.6. The third-order valence-corrected chi connectivity index (χ3v) is 9.94. The molecular weight excluding hydrogens is 765 g/mol. The maximum absolute atomic E-state index is 12.2. The van der Waals surface area contributed by atoms with Gasteiger partial charge < -0.3 is 19.3 Å². The Morgan fingerprint density at radius 1 is 0.689 bits per heavy atom. The fourth-order valence-corrected chi connectivity index (χ4v) is 6.72. The molecule has 0 atom stereocenters. The van der Waals surface area contributed by atoms with Crippen LogP contribution in [0, 0.1) is 21.4 Å². The lowest BCUT2D eigenvalue weighted by Gasteiger charge is -2.26. The molecule has 0 radical (unpaired) electrons. The molecular formula is C51H38N4O6. The van der Waals surface area contributed by atoms with Gasteiger partial charge in [0.15, 0.2) is 0 Å². The quantitative estimate of drug-likeness (QED) is 0.0201. The molecule has 0 aliphatic heterocycles. The summed E-state index contributed by atoms with van der Waals surface area (Å²) in [5.41, 5.74) is 8.28. The minimum atomic E-state index is -0.811. The van der Waals surface area contributed by atoms with Crippen LogP contribution in [0.5, 0.6) is 11.5 Å². The summed E-state index contributed by atoms with van der Waals surface area (Å²) in [6.45, 7) is 6.93. The number of benzene rings is 7. The predicted molar refractivity (Wildman–Crippen MR) is 241 cm³/mol. The average molecular weight is 803 g/mol. The topological polar surface area (TPSA) is 126 Å². The SMILES string of the molecule is C=CC(=O)Oc1ccc(N(C)c2ccc(C=Cc3ccc(N(c4ccc(Cc5ccc([N+](=O)[O-])cc5)cc4)c4ccc(OC(=O)C(=C)C#N)cc4)cc3)cc2)c2ccccc12. The van der Waals surface area contributed by atoms with Crippen LogP contribution in [0.25, 0.3) is 22.9 Å². The van der Waals surface area contributed by atoms with Crippen molar-refractivity contribution in [3.05, 3.63) is 215 Å². The van der Waals surface area contributed by atoms with Gasteiger partial charge in [-0.2, -0.15) is 5.26 Å². The van der Waals surface area contributed by atoms with E-state index in [9.17, 15) is 19.7 Å². The second kappa shape index (κ2) is 18.4. The number of nitrogens with zero attached hydrogens (tertiary/aromatic N) is 4. The van der Waals surface area contributed by atoms with E-state index < -0.39 is 16.9 Å². The number of hydrogen-bond donors (Lipinski definition) is 0. The molecule has 7 aromatic rings. The van der Waals surface area contributed by atoms with E-state index in [1.54, 1.807) is 36.4 Å². The van der Waals surface area contributed by atoms with Gasteiger partial charge in [-0.25, -0.2) is 9.59 Å². The summed E-state index contributed by atoms with van der Waals surface area (Å²) >= 11 is 0. The van der Waals surface area contributed by atoms with Crippen LogP contribution in [0.3, 0.4) is 0 Å². The zero-order valence-corrected chi connectivity index (χ0v) is 33.1. The number of non-ortho nitro benzene ring substituents is 1. The van der Waals surface area contributed by atoms with Crippen LogP contribution >= 0.6 is 0 Å². The molecule has 0 fully saturated rings. The standard InChI is InChI=1S/C51H38N4O6/c1-4-50(56)61-49-32-31-48(46-7-5-6-8-47(46)49)53(3)40-19-11-36(12-20-40)9-10-37-13-21-41(22-14-37)54(43-27-29-45(30-28-43)60-51(57)35(2)34-52)42-23-15-38(16-24-42)33-39-17-25-44(26-18-39)55(58)59/h4-32H,1-2,33H2,3H3. The lowest BCUT2D eigenvalue weighted by Crippen LogP contribution is -2.11. The van der Waals surface area contributed by atoms with Crippen molar-refractivity contribution < 1.29 is 24.0 Å². The Morgan fingerprint density at radius 3 is 1.74 bits per heavy atom. The third kappa shape index (κ3) is 9.60. The summed E-state index contributed by atoms with van der Waals surface area (Å²) < 4.78 is 10.8. The summed E-state index contributed by atoms with van der Waals surface area (Å²) in [6, 6.07) is 51.2. The first-order chi connectivity index (χ1) is 29.6. The number of hydrogen-bond acceptors (Lipinski definition) is 9. The lowest BCUT2D eigenvalue weighted by atomic mass is 10.0. The maximum atomic E-state index is 12.2. The highest BCUT2D eigenvalue weighted by Gasteiger charge is 2.16. The van der Waals surface area contributed by atoms with Gasteiger partial charge in [0.05, 0.1) is 4.92 Å². The van der Waals surface area contributed by atoms with E-state index in [1.807, 2.05) is 98.0 Å². The molecule has 0 N–H and O–H groups in total. The molecule has 7 aromatic carbocycles. The van der Waals surface area contributed by atoms with E-state index in [0.29, 0.717) is 12.2 Å². The van der Waals surface area contributed by atoms with Crippen LogP contribution in [0.4, 0.5) is 34.1 Å². The van der Waals surface area contributed by atoms with Crippen LogP contribution in [-0.4, -0.2) is 23.9 Å². The molecule has 7 rings (SSSR count). The van der Waals surface area contributed by atoms with Crippen LogP contribution in [0.2, 0.25) is 0 Å². The van der Waals surface area contributed by atoms with E-state index in [1.165, 1.54) is 12.1 Å². The van der Waals surface area contributed by atoms with E-state index >= 15 is 0 Å². The molecule has 0 spiro atoms. The fraction of sp³-hybridized carbons (Fsp3) is 0.0392. The number of carbonyl (C=O) groups excluding carboxylic acids is 2. The highest BCUT2D eigenvalue weighted by molar-refractivity contribution is 6.01. The Balaban J connectivity index is 1.09. The van der Waals surface area contributed by atoms with E-state index in [-0.39, 0.29) is 17.0 Å². The number of nitriles is 1. The molecule has 10 nitrogen and oxygen atoms in total. The number of ether oxygens (including phenoxy) is 2. The number of fused-ring (bicyclic) bond motifs is 1. The van der Waals surface area contributed by atoms with Crippen molar-refractivity contribution in [1.29, 1.82) is 5.26 Å². The Hall–Kier alpha value is -8.55. The summed E-state index contributed by atoms with van der Waals surface area (Å²) in [7, 11) is 2.00. The third-order valence-electron chi connectivity index (χ3n) is 9.94. The number of nitro groups is 1. The van der Waals surface area contributed by atoms with E-state index in [0.717, 1.165) is 67.5 Å². The molecule has 0 saturated carbocycles. The molecule has 10 heteroatoms. The molecule has 0 unspecified atom stereocenters. The van der Waals surface area contributed by atoms with Gasteiger partial charge in [-0.1, -0.05) is 98.1 Å². The van der Waals surface area contributed by atoms with Gasteiger partial charge in [0.25, 0.3) is 5.69 Å². The number of esters is 2. The molecule has 0 aliphatic rings. The molecule has 298 valence electrons. The van der Waals surface area contributed by atoms with Gasteiger partial charge in [0, 0.05) is 64.5 Å². The summed E-state index contributed by atoms with van der Waals surface area (Å²) in [4.78, 5) is 38.9. The molecule has 0 aromatic heterocycles. The van der Waals surface area contributed by atoms with Gasteiger partial charge >= 0.3 is 11.9 Å². The van der Waals surface area contributed by atoms with Crippen LogP contribution in [-0.2, 0) is 16.0 Å². The van der Waals surface area contributed by atoms with Crippen molar-refractivity contribution in [2.45, 2.75) is 6.42 Å². The smallest absolute Gasteiger partial charge is 0.353 e. The van der Waals surface area contributed by atoms with Gasteiger partial charge in [0.2, 0.25) is 0 Å². The van der Waals surface area contributed by atoms with Gasteiger partial charge in [0.1, 0.15) is 23.1 Å². The highest BCUT2D eigenvalue weighted by Crippen LogP contribution is 2.38. The Labute approximate surface area is 352 Å².